The molecule has 0 aliphatic heterocycles. The van der Waals surface area contributed by atoms with E-state index in [1.54, 1.807) is 0 Å². The van der Waals surface area contributed by atoms with Gasteiger partial charge in [-0.25, -0.2) is 0 Å². The van der Waals surface area contributed by atoms with E-state index in [2.05, 4.69) is 0 Å². The molecule has 2 rings (SSSR count). The third kappa shape index (κ3) is 6.05. The molecule has 136 valence electrons. The first-order chi connectivity index (χ1) is 11.4. The van der Waals surface area contributed by atoms with Gasteiger partial charge >= 0.3 is 6.18 Å². The molecule has 3 atom stereocenters. The van der Waals surface area contributed by atoms with E-state index in [9.17, 15) is 23.4 Å². The summed E-state index contributed by atoms with van der Waals surface area (Å²) in [5.41, 5.74) is -0.112. The van der Waals surface area contributed by atoms with Gasteiger partial charge in [-0.05, 0) is 43.4 Å². The van der Waals surface area contributed by atoms with Gasteiger partial charge in [-0.15, -0.1) is 0 Å². The monoisotopic (exact) mass is 348 g/mol. The molecule has 2 N–H and O–H groups in total. The Kier molecular flexibility index (Phi) is 7.03. The van der Waals surface area contributed by atoms with Crippen LogP contribution in [0.2, 0.25) is 0 Å². The van der Waals surface area contributed by atoms with E-state index in [1.807, 2.05) is 0 Å². The summed E-state index contributed by atoms with van der Waals surface area (Å²) in [6.07, 6.45) is -2.15. The number of hydrogen-bond acceptors (Lipinski definition) is 4. The Labute approximate surface area is 139 Å². The molecule has 1 aliphatic rings. The quantitative estimate of drug-likeness (QED) is 0.796. The van der Waals surface area contributed by atoms with Crippen LogP contribution in [-0.4, -0.2) is 41.7 Å². The molecule has 1 aromatic rings. The summed E-state index contributed by atoms with van der Waals surface area (Å²) in [4.78, 5) is 0. The second-order valence-corrected chi connectivity index (χ2v) is 6.09. The van der Waals surface area contributed by atoms with E-state index >= 15 is 0 Å². The maximum atomic E-state index is 12.5. The lowest BCUT2D eigenvalue weighted by Crippen LogP contribution is -2.31. The molecule has 0 radical (unpaired) electrons. The minimum absolute atomic E-state index is 0.0440. The summed E-state index contributed by atoms with van der Waals surface area (Å²) in [6.45, 7) is 0.0461. The smallest absolute Gasteiger partial charge is 0.394 e. The van der Waals surface area contributed by atoms with Crippen LogP contribution in [0.5, 0.6) is 0 Å². The molecule has 1 saturated carbocycles. The van der Waals surface area contributed by atoms with Crippen molar-refractivity contribution in [1.29, 1.82) is 0 Å². The van der Waals surface area contributed by atoms with Gasteiger partial charge in [-0.2, -0.15) is 13.2 Å². The van der Waals surface area contributed by atoms with Gasteiger partial charge < -0.3 is 19.7 Å². The molecular weight excluding hydrogens is 325 g/mol. The number of benzene rings is 1. The summed E-state index contributed by atoms with van der Waals surface area (Å²) < 4.78 is 48.6. The zero-order valence-electron chi connectivity index (χ0n) is 13.3. The number of alkyl halides is 3. The molecular formula is C17H23F3O4. The van der Waals surface area contributed by atoms with Gasteiger partial charge in [-0.3, -0.25) is 0 Å². The van der Waals surface area contributed by atoms with Crippen LogP contribution in [0.1, 0.15) is 36.8 Å². The number of hydrogen-bond donors (Lipinski definition) is 2. The summed E-state index contributed by atoms with van der Waals surface area (Å²) >= 11 is 0. The van der Waals surface area contributed by atoms with Gasteiger partial charge in [0.1, 0.15) is 6.10 Å². The summed E-state index contributed by atoms with van der Waals surface area (Å²) in [7, 11) is 0. The second-order valence-electron chi connectivity index (χ2n) is 6.09. The predicted octanol–water partition coefficient (Wildman–Crippen LogP) is 2.90. The summed E-state index contributed by atoms with van der Waals surface area (Å²) in [5, 5.41) is 18.9. The first-order valence-electron chi connectivity index (χ1n) is 8.06. The van der Waals surface area contributed by atoms with Crippen LogP contribution < -0.4 is 0 Å². The van der Waals surface area contributed by atoms with Crippen LogP contribution in [0, 0.1) is 0 Å². The van der Waals surface area contributed by atoms with E-state index in [1.165, 1.54) is 12.1 Å². The molecule has 1 aliphatic carbocycles. The molecule has 0 aromatic heterocycles. The number of aliphatic hydroxyl groups is 2. The summed E-state index contributed by atoms with van der Waals surface area (Å²) in [6, 6.07) is 4.73. The largest absolute Gasteiger partial charge is 0.416 e. The molecule has 4 nitrogen and oxygen atoms in total. The van der Waals surface area contributed by atoms with Crippen molar-refractivity contribution < 1.29 is 32.9 Å². The van der Waals surface area contributed by atoms with Crippen LogP contribution in [0.4, 0.5) is 13.2 Å². The van der Waals surface area contributed by atoms with E-state index in [4.69, 9.17) is 9.47 Å². The normalized spacial score (nSPS) is 23.2. The summed E-state index contributed by atoms with van der Waals surface area (Å²) in [5.74, 6) is 0. The molecule has 7 heteroatoms. The van der Waals surface area contributed by atoms with Gasteiger partial charge in [0.2, 0.25) is 0 Å². The number of aliphatic hydroxyl groups excluding tert-OH is 2. The lowest BCUT2D eigenvalue weighted by molar-refractivity contribution is -0.137. The molecule has 1 unspecified atom stereocenters. The molecule has 0 spiro atoms. The average molecular weight is 348 g/mol. The van der Waals surface area contributed by atoms with Crippen molar-refractivity contribution in [2.75, 3.05) is 13.2 Å². The van der Waals surface area contributed by atoms with Crippen molar-refractivity contribution in [3.8, 4) is 0 Å². The number of ether oxygens (including phenoxy) is 2. The number of halogens is 3. The third-order valence-corrected chi connectivity index (χ3v) is 4.09. The van der Waals surface area contributed by atoms with Crippen molar-refractivity contribution in [3.05, 3.63) is 35.4 Å². The van der Waals surface area contributed by atoms with Gasteiger partial charge in [0.05, 0.1) is 37.6 Å². The minimum Gasteiger partial charge on any atom is -0.394 e. The Bertz CT molecular complexity index is 490. The highest BCUT2D eigenvalue weighted by molar-refractivity contribution is 5.24. The molecule has 1 fully saturated rings. The third-order valence-electron chi connectivity index (χ3n) is 4.09. The van der Waals surface area contributed by atoms with Crippen molar-refractivity contribution >= 4 is 0 Å². The molecule has 0 heterocycles. The first kappa shape index (κ1) is 19.2. The highest BCUT2D eigenvalue weighted by Crippen LogP contribution is 2.29. The maximum absolute atomic E-state index is 12.5. The minimum atomic E-state index is -4.36. The highest BCUT2D eigenvalue weighted by Gasteiger charge is 2.30. The van der Waals surface area contributed by atoms with Crippen molar-refractivity contribution in [2.45, 2.75) is 56.8 Å². The van der Waals surface area contributed by atoms with Crippen molar-refractivity contribution in [2.24, 2.45) is 0 Å². The van der Waals surface area contributed by atoms with E-state index in [0.717, 1.165) is 31.4 Å². The zero-order chi connectivity index (χ0) is 17.6. The van der Waals surface area contributed by atoms with Gasteiger partial charge in [-0.1, -0.05) is 12.1 Å². The van der Waals surface area contributed by atoms with Crippen LogP contribution in [0.25, 0.3) is 0 Å². The molecule has 1 aromatic carbocycles. The average Bonchev–Trinajstić information content (AvgIpc) is 2.55. The van der Waals surface area contributed by atoms with Crippen LogP contribution in [0.3, 0.4) is 0 Å². The fourth-order valence-corrected chi connectivity index (χ4v) is 2.67. The predicted molar refractivity (Wildman–Crippen MR) is 81.3 cm³/mol. The standard InChI is InChI=1S/C17H23F3O4/c18-17(19,20)13-6-4-12(5-7-13)10-23-16(9-21)11-24-15-3-1-2-14(22)8-15/h4-7,14-16,21-22H,1-3,8-11H2/t14-,15+,16?/m0/s1. The number of rotatable bonds is 7. The topological polar surface area (TPSA) is 58.9 Å². The Balaban J connectivity index is 1.76. The first-order valence-corrected chi connectivity index (χ1v) is 8.06. The van der Waals surface area contributed by atoms with Crippen LogP contribution >= 0.6 is 0 Å². The lowest BCUT2D eigenvalue weighted by Gasteiger charge is -2.27. The van der Waals surface area contributed by atoms with Crippen LogP contribution in [-0.2, 0) is 22.3 Å². The lowest BCUT2D eigenvalue weighted by atomic mass is 9.95. The second kappa shape index (κ2) is 8.80. The van der Waals surface area contributed by atoms with Crippen molar-refractivity contribution in [3.63, 3.8) is 0 Å². The molecule has 0 amide bonds. The van der Waals surface area contributed by atoms with Gasteiger partial charge in [0.25, 0.3) is 0 Å². The highest BCUT2D eigenvalue weighted by atomic mass is 19.4. The van der Waals surface area contributed by atoms with Crippen molar-refractivity contribution in [1.82, 2.24) is 0 Å². The van der Waals surface area contributed by atoms with Gasteiger partial charge in [0, 0.05) is 0 Å². The maximum Gasteiger partial charge on any atom is 0.416 e. The molecule has 0 saturated heterocycles. The molecule has 24 heavy (non-hydrogen) atoms. The van der Waals surface area contributed by atoms with E-state index in [-0.39, 0.29) is 32.0 Å². The SMILES string of the molecule is OCC(CO[C@@H]1CCC[C@H](O)C1)OCc1ccc(C(F)(F)F)cc1. The fraction of sp³-hybridized carbons (Fsp3) is 0.647. The zero-order valence-corrected chi connectivity index (χ0v) is 13.3. The van der Waals surface area contributed by atoms with E-state index in [0.29, 0.717) is 12.0 Å². The Morgan fingerprint density at radius 2 is 1.88 bits per heavy atom. The Morgan fingerprint density at radius 1 is 1.17 bits per heavy atom. The van der Waals surface area contributed by atoms with E-state index < -0.39 is 17.8 Å². The van der Waals surface area contributed by atoms with Gasteiger partial charge in [0.15, 0.2) is 0 Å². The Hall–Kier alpha value is -1.15. The Morgan fingerprint density at radius 3 is 2.46 bits per heavy atom. The molecule has 0 bridgehead atoms. The van der Waals surface area contributed by atoms with Crippen LogP contribution in [0.15, 0.2) is 24.3 Å². The fourth-order valence-electron chi connectivity index (χ4n) is 2.67.